The second-order valence-electron chi connectivity index (χ2n) is 3.57. The lowest BCUT2D eigenvalue weighted by molar-refractivity contribution is 0.0951. The molecule has 0 unspecified atom stereocenters. The van der Waals surface area contributed by atoms with Crippen molar-refractivity contribution in [2.75, 3.05) is 0 Å². The number of amides is 1. The van der Waals surface area contributed by atoms with Crippen LogP contribution in [0.3, 0.4) is 0 Å². The van der Waals surface area contributed by atoms with E-state index in [9.17, 15) is 4.79 Å². The van der Waals surface area contributed by atoms with Gasteiger partial charge in [-0.2, -0.15) is 5.10 Å². The van der Waals surface area contributed by atoms with Crippen molar-refractivity contribution in [2.24, 2.45) is 16.8 Å². The number of hydrogen-bond acceptors (Lipinski definition) is 5. The Bertz CT molecular complexity index is 570. The predicted octanol–water partition coefficient (Wildman–Crippen LogP) is 0.0255. The summed E-state index contributed by atoms with van der Waals surface area (Å²) >= 11 is 0. The summed E-state index contributed by atoms with van der Waals surface area (Å²) in [5, 5.41) is 3.47. The summed E-state index contributed by atoms with van der Waals surface area (Å²) in [6, 6.07) is 5.27. The van der Waals surface area contributed by atoms with Crippen LogP contribution in [0.25, 0.3) is 0 Å². The van der Waals surface area contributed by atoms with Gasteiger partial charge < -0.3 is 14.8 Å². The Labute approximate surface area is 103 Å². The summed E-state index contributed by atoms with van der Waals surface area (Å²) < 4.78 is 7.13. The van der Waals surface area contributed by atoms with E-state index in [1.165, 1.54) is 12.5 Å². The number of carbonyl (C=O) groups excluding carboxylic acids is 1. The average Bonchev–Trinajstić information content (AvgIpc) is 3.00. The largest absolute Gasteiger partial charge is 0.467 e. The van der Waals surface area contributed by atoms with Crippen LogP contribution in [0.2, 0.25) is 0 Å². The molecule has 0 fully saturated rings. The molecule has 0 atom stereocenters. The SMILES string of the molecule is N/N=C/c1cccn1Cc1occc1C(=O)NN. The Balaban J connectivity index is 2.26. The summed E-state index contributed by atoms with van der Waals surface area (Å²) in [5.74, 6) is 10.3. The highest BCUT2D eigenvalue weighted by molar-refractivity contribution is 5.94. The van der Waals surface area contributed by atoms with Crippen molar-refractivity contribution in [1.29, 1.82) is 0 Å². The van der Waals surface area contributed by atoms with Crippen LogP contribution in [-0.2, 0) is 6.54 Å². The quantitative estimate of drug-likeness (QED) is 0.306. The molecular formula is C11H13N5O2. The van der Waals surface area contributed by atoms with E-state index >= 15 is 0 Å². The molecule has 2 heterocycles. The molecule has 0 aliphatic carbocycles. The van der Waals surface area contributed by atoms with Crippen LogP contribution in [-0.4, -0.2) is 16.7 Å². The average molecular weight is 247 g/mol. The molecular weight excluding hydrogens is 234 g/mol. The van der Waals surface area contributed by atoms with Crippen LogP contribution < -0.4 is 17.1 Å². The first-order valence-electron chi connectivity index (χ1n) is 5.22. The summed E-state index contributed by atoms with van der Waals surface area (Å²) in [5.41, 5.74) is 3.29. The molecule has 5 N–H and O–H groups in total. The number of nitrogens with zero attached hydrogens (tertiary/aromatic N) is 2. The number of nitrogens with one attached hydrogen (secondary N) is 1. The molecule has 1 amide bonds. The smallest absolute Gasteiger partial charge is 0.268 e. The van der Waals surface area contributed by atoms with Gasteiger partial charge in [0, 0.05) is 6.20 Å². The molecule has 2 aromatic rings. The first-order chi connectivity index (χ1) is 8.76. The van der Waals surface area contributed by atoms with Gasteiger partial charge in [0.25, 0.3) is 5.91 Å². The zero-order valence-electron chi connectivity index (χ0n) is 9.54. The van der Waals surface area contributed by atoms with E-state index in [1.54, 1.807) is 6.07 Å². The van der Waals surface area contributed by atoms with Crippen molar-refractivity contribution >= 4 is 12.1 Å². The molecule has 0 aliphatic rings. The molecule has 0 spiro atoms. The number of carbonyl (C=O) groups is 1. The zero-order chi connectivity index (χ0) is 13.0. The number of hydrogen-bond donors (Lipinski definition) is 3. The lowest BCUT2D eigenvalue weighted by atomic mass is 10.2. The normalized spacial score (nSPS) is 10.9. The van der Waals surface area contributed by atoms with Gasteiger partial charge in [0.2, 0.25) is 0 Å². The van der Waals surface area contributed by atoms with Gasteiger partial charge in [-0.15, -0.1) is 0 Å². The molecule has 18 heavy (non-hydrogen) atoms. The molecule has 2 rings (SSSR count). The Hall–Kier alpha value is -2.54. The Morgan fingerprint density at radius 3 is 3.11 bits per heavy atom. The van der Waals surface area contributed by atoms with Crippen molar-refractivity contribution < 1.29 is 9.21 Å². The highest BCUT2D eigenvalue weighted by atomic mass is 16.3. The van der Waals surface area contributed by atoms with E-state index in [-0.39, 0.29) is 5.91 Å². The number of aromatic nitrogens is 1. The maximum atomic E-state index is 11.5. The molecule has 0 aromatic carbocycles. The van der Waals surface area contributed by atoms with Crippen molar-refractivity contribution in [3.63, 3.8) is 0 Å². The Kier molecular flexibility index (Phi) is 3.44. The Morgan fingerprint density at radius 1 is 1.56 bits per heavy atom. The molecule has 0 aliphatic heterocycles. The number of nitrogen functional groups attached to an aromatic ring is 1. The highest BCUT2D eigenvalue weighted by Gasteiger charge is 2.14. The van der Waals surface area contributed by atoms with E-state index in [2.05, 4.69) is 10.5 Å². The standard InChI is InChI=1S/C11H13N5O2/c12-14-6-8-2-1-4-16(8)7-10-9(3-5-18-10)11(17)15-13/h1-6H,7,12-13H2,(H,15,17)/b14-6+. The van der Waals surface area contributed by atoms with Gasteiger partial charge in [-0.25, -0.2) is 5.84 Å². The summed E-state index contributed by atoms with van der Waals surface area (Å²) in [7, 11) is 0. The molecule has 2 aromatic heterocycles. The lowest BCUT2D eigenvalue weighted by Gasteiger charge is -2.05. The summed E-state index contributed by atoms with van der Waals surface area (Å²) in [4.78, 5) is 11.5. The minimum Gasteiger partial charge on any atom is -0.467 e. The van der Waals surface area contributed by atoms with Gasteiger partial charge in [0.05, 0.1) is 30.3 Å². The van der Waals surface area contributed by atoms with E-state index in [4.69, 9.17) is 16.1 Å². The third kappa shape index (κ3) is 2.25. The molecule has 0 radical (unpaired) electrons. The van der Waals surface area contributed by atoms with E-state index in [0.29, 0.717) is 17.9 Å². The van der Waals surface area contributed by atoms with Crippen molar-refractivity contribution in [3.05, 3.63) is 47.7 Å². The topological polar surface area (TPSA) is 112 Å². The first-order valence-corrected chi connectivity index (χ1v) is 5.22. The fourth-order valence-corrected chi connectivity index (χ4v) is 1.66. The van der Waals surface area contributed by atoms with Gasteiger partial charge in [0.15, 0.2) is 0 Å². The van der Waals surface area contributed by atoms with Crippen LogP contribution in [0.5, 0.6) is 0 Å². The van der Waals surface area contributed by atoms with Gasteiger partial charge in [-0.1, -0.05) is 0 Å². The van der Waals surface area contributed by atoms with Crippen LogP contribution in [0.1, 0.15) is 21.8 Å². The summed E-state index contributed by atoms with van der Waals surface area (Å²) in [6.07, 6.45) is 4.80. The van der Waals surface area contributed by atoms with E-state index in [0.717, 1.165) is 5.69 Å². The first kappa shape index (κ1) is 11.9. The molecule has 7 heteroatoms. The van der Waals surface area contributed by atoms with Crippen LogP contribution in [0, 0.1) is 0 Å². The molecule has 0 saturated carbocycles. The third-order valence-corrected chi connectivity index (χ3v) is 2.51. The van der Waals surface area contributed by atoms with Crippen molar-refractivity contribution in [1.82, 2.24) is 9.99 Å². The molecule has 0 bridgehead atoms. The van der Waals surface area contributed by atoms with E-state index in [1.807, 2.05) is 22.9 Å². The number of hydrazine groups is 1. The van der Waals surface area contributed by atoms with Gasteiger partial charge in [-0.05, 0) is 18.2 Å². The molecule has 94 valence electrons. The maximum Gasteiger partial charge on any atom is 0.268 e. The van der Waals surface area contributed by atoms with Crippen LogP contribution in [0.15, 0.2) is 40.2 Å². The molecule has 7 nitrogen and oxygen atoms in total. The van der Waals surface area contributed by atoms with Crippen LogP contribution in [0.4, 0.5) is 0 Å². The van der Waals surface area contributed by atoms with E-state index < -0.39 is 0 Å². The summed E-state index contributed by atoms with van der Waals surface area (Å²) in [6.45, 7) is 0.393. The van der Waals surface area contributed by atoms with Crippen molar-refractivity contribution in [3.8, 4) is 0 Å². The second kappa shape index (κ2) is 5.19. The second-order valence-corrected chi connectivity index (χ2v) is 3.57. The van der Waals surface area contributed by atoms with Crippen molar-refractivity contribution in [2.45, 2.75) is 6.54 Å². The van der Waals surface area contributed by atoms with Gasteiger partial charge in [-0.3, -0.25) is 10.2 Å². The van der Waals surface area contributed by atoms with Gasteiger partial charge in [0.1, 0.15) is 5.76 Å². The minimum absolute atomic E-state index is 0.389. The maximum absolute atomic E-state index is 11.5. The van der Waals surface area contributed by atoms with Crippen LogP contribution >= 0.6 is 0 Å². The predicted molar refractivity (Wildman–Crippen MR) is 65.7 cm³/mol. The minimum atomic E-state index is -0.389. The number of furan rings is 1. The monoisotopic (exact) mass is 247 g/mol. The molecule has 0 saturated heterocycles. The highest BCUT2D eigenvalue weighted by Crippen LogP contribution is 2.13. The zero-order valence-corrected chi connectivity index (χ0v) is 9.54. The lowest BCUT2D eigenvalue weighted by Crippen LogP contribution is -2.30. The fourth-order valence-electron chi connectivity index (χ4n) is 1.66. The number of nitrogens with two attached hydrogens (primary N) is 2. The fraction of sp³-hybridized carbons (Fsp3) is 0.0909. The van der Waals surface area contributed by atoms with Gasteiger partial charge >= 0.3 is 0 Å². The number of rotatable bonds is 4. The Morgan fingerprint density at radius 2 is 2.39 bits per heavy atom. The third-order valence-electron chi connectivity index (χ3n) is 2.51. The number of hydrazone groups is 1.